The Balaban J connectivity index is 2.17. The van der Waals surface area contributed by atoms with Crippen LogP contribution in [0.25, 0.3) is 0 Å². The van der Waals surface area contributed by atoms with Gasteiger partial charge in [0, 0.05) is 11.9 Å². The summed E-state index contributed by atoms with van der Waals surface area (Å²) < 4.78 is 0.730. The van der Waals surface area contributed by atoms with E-state index in [2.05, 4.69) is 31.2 Å². The van der Waals surface area contributed by atoms with E-state index in [-0.39, 0.29) is 5.91 Å². The molecule has 2 heterocycles. The Hall–Kier alpha value is -1.75. The average molecular weight is 292 g/mol. The predicted molar refractivity (Wildman–Crippen MR) is 68.9 cm³/mol. The van der Waals surface area contributed by atoms with E-state index in [9.17, 15) is 4.79 Å². The normalized spacial score (nSPS) is 10.0. The van der Waals surface area contributed by atoms with Crippen LogP contribution in [0.3, 0.4) is 0 Å². The molecule has 17 heavy (non-hydrogen) atoms. The molecule has 0 aliphatic rings. The van der Waals surface area contributed by atoms with Gasteiger partial charge < -0.3 is 5.32 Å². The minimum absolute atomic E-state index is 0.181. The number of aromatic nitrogens is 2. The molecular weight excluding hydrogens is 282 g/mol. The number of carbonyl (C=O) groups excluding carboxylic acids is 1. The van der Waals surface area contributed by atoms with Gasteiger partial charge >= 0.3 is 0 Å². The number of amides is 1. The third-order valence-corrected chi connectivity index (χ3v) is 2.71. The van der Waals surface area contributed by atoms with Gasteiger partial charge in [-0.3, -0.25) is 9.78 Å². The summed E-state index contributed by atoms with van der Waals surface area (Å²) in [6.07, 6.45) is 3.25. The lowest BCUT2D eigenvalue weighted by atomic mass is 10.2. The lowest BCUT2D eigenvalue weighted by Gasteiger charge is -2.06. The predicted octanol–water partition coefficient (Wildman–Crippen LogP) is 2.80. The molecule has 86 valence electrons. The highest BCUT2D eigenvalue weighted by Gasteiger charge is 2.09. The maximum absolute atomic E-state index is 11.9. The van der Waals surface area contributed by atoms with Crippen molar-refractivity contribution in [2.75, 3.05) is 5.32 Å². The minimum Gasteiger partial charge on any atom is -0.321 e. The second-order valence-corrected chi connectivity index (χ2v) is 4.27. The number of aryl methyl sites for hydroxylation is 1. The molecule has 0 atom stereocenters. The van der Waals surface area contributed by atoms with E-state index in [1.165, 1.54) is 0 Å². The Morgan fingerprint density at radius 2 is 2.12 bits per heavy atom. The number of hydrogen-bond donors (Lipinski definition) is 1. The van der Waals surface area contributed by atoms with Gasteiger partial charge in [-0.25, -0.2) is 4.98 Å². The molecule has 2 rings (SSSR count). The van der Waals surface area contributed by atoms with Crippen LogP contribution in [0.5, 0.6) is 0 Å². The first-order valence-electron chi connectivity index (χ1n) is 5.01. The van der Waals surface area contributed by atoms with Crippen LogP contribution in [0.1, 0.15) is 16.1 Å². The quantitative estimate of drug-likeness (QED) is 0.866. The van der Waals surface area contributed by atoms with Crippen molar-refractivity contribution in [1.29, 1.82) is 0 Å². The van der Waals surface area contributed by atoms with Gasteiger partial charge in [-0.1, -0.05) is 0 Å². The number of halogens is 1. The van der Waals surface area contributed by atoms with Gasteiger partial charge in [-0.05, 0) is 47.1 Å². The zero-order valence-electron chi connectivity index (χ0n) is 9.14. The number of nitrogens with zero attached hydrogens (tertiary/aromatic N) is 2. The Bertz CT molecular complexity index is 540. The van der Waals surface area contributed by atoms with Gasteiger partial charge in [0.25, 0.3) is 5.91 Å². The maximum atomic E-state index is 11.9. The number of hydrogen-bond acceptors (Lipinski definition) is 3. The van der Waals surface area contributed by atoms with Crippen molar-refractivity contribution in [2.24, 2.45) is 0 Å². The van der Waals surface area contributed by atoms with Crippen LogP contribution in [0.2, 0.25) is 0 Å². The summed E-state index contributed by atoms with van der Waals surface area (Å²) >= 11 is 3.23. The maximum Gasteiger partial charge on any atom is 0.257 e. The number of pyridine rings is 2. The smallest absolute Gasteiger partial charge is 0.257 e. The van der Waals surface area contributed by atoms with Gasteiger partial charge in [-0.15, -0.1) is 0 Å². The van der Waals surface area contributed by atoms with E-state index in [0.29, 0.717) is 16.9 Å². The average Bonchev–Trinajstić information content (AvgIpc) is 2.32. The molecular formula is C12H10BrN3O. The highest BCUT2D eigenvalue weighted by Crippen LogP contribution is 2.12. The van der Waals surface area contributed by atoms with Crippen LogP contribution in [0.4, 0.5) is 5.69 Å². The SMILES string of the molecule is Cc1ncccc1C(=O)Nc1ccc(Br)nc1. The topological polar surface area (TPSA) is 54.9 Å². The summed E-state index contributed by atoms with van der Waals surface area (Å²) in [4.78, 5) is 20.0. The molecule has 1 N–H and O–H groups in total. The Kier molecular flexibility index (Phi) is 3.49. The number of nitrogens with one attached hydrogen (secondary N) is 1. The fourth-order valence-corrected chi connectivity index (χ4v) is 1.61. The summed E-state index contributed by atoms with van der Waals surface area (Å²) in [7, 11) is 0. The van der Waals surface area contributed by atoms with Crippen LogP contribution in [-0.2, 0) is 0 Å². The first kappa shape index (κ1) is 11.7. The van der Waals surface area contributed by atoms with E-state index >= 15 is 0 Å². The molecule has 0 unspecified atom stereocenters. The number of carbonyl (C=O) groups is 1. The van der Waals surface area contributed by atoms with Crippen molar-refractivity contribution in [3.8, 4) is 0 Å². The van der Waals surface area contributed by atoms with Crippen LogP contribution < -0.4 is 5.32 Å². The van der Waals surface area contributed by atoms with Gasteiger partial charge in [0.05, 0.1) is 17.4 Å². The Morgan fingerprint density at radius 1 is 1.29 bits per heavy atom. The molecule has 5 heteroatoms. The summed E-state index contributed by atoms with van der Waals surface area (Å²) in [5, 5.41) is 2.76. The van der Waals surface area contributed by atoms with Gasteiger partial charge in [-0.2, -0.15) is 0 Å². The van der Waals surface area contributed by atoms with E-state index < -0.39 is 0 Å². The molecule has 0 aliphatic heterocycles. The lowest BCUT2D eigenvalue weighted by molar-refractivity contribution is 0.102. The third-order valence-electron chi connectivity index (χ3n) is 2.24. The summed E-state index contributed by atoms with van der Waals surface area (Å²) in [6.45, 7) is 1.80. The van der Waals surface area contributed by atoms with Crippen LogP contribution in [0.15, 0.2) is 41.3 Å². The zero-order valence-corrected chi connectivity index (χ0v) is 10.7. The van der Waals surface area contributed by atoms with Gasteiger partial charge in [0.1, 0.15) is 4.60 Å². The van der Waals surface area contributed by atoms with E-state index in [0.717, 1.165) is 4.60 Å². The Morgan fingerprint density at radius 3 is 2.76 bits per heavy atom. The van der Waals surface area contributed by atoms with Crippen molar-refractivity contribution in [2.45, 2.75) is 6.92 Å². The second kappa shape index (κ2) is 5.05. The van der Waals surface area contributed by atoms with E-state index in [1.54, 1.807) is 43.6 Å². The standard InChI is InChI=1S/C12H10BrN3O/c1-8-10(3-2-6-14-8)12(17)16-9-4-5-11(13)15-7-9/h2-7H,1H3,(H,16,17). The highest BCUT2D eigenvalue weighted by molar-refractivity contribution is 9.10. The highest BCUT2D eigenvalue weighted by atomic mass is 79.9. The molecule has 0 saturated heterocycles. The van der Waals surface area contributed by atoms with Gasteiger partial charge in [0.2, 0.25) is 0 Å². The summed E-state index contributed by atoms with van der Waals surface area (Å²) in [5.41, 5.74) is 1.92. The van der Waals surface area contributed by atoms with Crippen LogP contribution >= 0.6 is 15.9 Å². The molecule has 0 aromatic carbocycles. The van der Waals surface area contributed by atoms with Crippen molar-refractivity contribution in [1.82, 2.24) is 9.97 Å². The molecule has 2 aromatic heterocycles. The van der Waals surface area contributed by atoms with E-state index in [4.69, 9.17) is 0 Å². The Labute approximate surface area is 107 Å². The molecule has 4 nitrogen and oxygen atoms in total. The largest absolute Gasteiger partial charge is 0.321 e. The lowest BCUT2D eigenvalue weighted by Crippen LogP contribution is -2.13. The van der Waals surface area contributed by atoms with Crippen LogP contribution in [-0.4, -0.2) is 15.9 Å². The molecule has 2 aromatic rings. The fourth-order valence-electron chi connectivity index (χ4n) is 1.37. The summed E-state index contributed by atoms with van der Waals surface area (Å²) in [5.74, 6) is -0.181. The molecule has 0 spiro atoms. The first-order valence-corrected chi connectivity index (χ1v) is 5.80. The van der Waals surface area contributed by atoms with Crippen molar-refractivity contribution in [3.05, 3.63) is 52.5 Å². The molecule has 0 radical (unpaired) electrons. The minimum atomic E-state index is -0.181. The molecule has 1 amide bonds. The van der Waals surface area contributed by atoms with Crippen molar-refractivity contribution in [3.63, 3.8) is 0 Å². The van der Waals surface area contributed by atoms with Gasteiger partial charge in [0.15, 0.2) is 0 Å². The molecule has 0 fully saturated rings. The molecule has 0 saturated carbocycles. The first-order chi connectivity index (χ1) is 8.16. The zero-order chi connectivity index (χ0) is 12.3. The monoisotopic (exact) mass is 291 g/mol. The van der Waals surface area contributed by atoms with Crippen molar-refractivity contribution < 1.29 is 4.79 Å². The number of anilines is 1. The summed E-state index contributed by atoms with van der Waals surface area (Å²) in [6, 6.07) is 7.03. The van der Waals surface area contributed by atoms with E-state index in [1.807, 2.05) is 0 Å². The second-order valence-electron chi connectivity index (χ2n) is 3.46. The third kappa shape index (κ3) is 2.88. The fraction of sp³-hybridized carbons (Fsp3) is 0.0833. The van der Waals surface area contributed by atoms with Crippen LogP contribution in [0, 0.1) is 6.92 Å². The van der Waals surface area contributed by atoms with Crippen molar-refractivity contribution >= 4 is 27.5 Å². The molecule has 0 bridgehead atoms. The number of rotatable bonds is 2. The molecule has 0 aliphatic carbocycles.